The molecule has 0 saturated heterocycles. The summed E-state index contributed by atoms with van der Waals surface area (Å²) < 4.78 is 0. The van der Waals surface area contributed by atoms with Crippen molar-refractivity contribution in [1.82, 2.24) is 9.97 Å². The number of anilines is 2. The van der Waals surface area contributed by atoms with Gasteiger partial charge in [0, 0.05) is 17.8 Å². The Morgan fingerprint density at radius 3 is 2.81 bits per heavy atom. The van der Waals surface area contributed by atoms with Crippen LogP contribution in [-0.4, -0.2) is 15.9 Å². The molecule has 2 aromatic heterocycles. The minimum atomic E-state index is -0.299. The van der Waals surface area contributed by atoms with Gasteiger partial charge in [-0.05, 0) is 24.3 Å². The number of carbonyl (C=O) groups excluding carboxylic acids is 1. The van der Waals surface area contributed by atoms with Crippen molar-refractivity contribution in [3.05, 3.63) is 52.3 Å². The standard InChI is InChI=1S/C14H10Cl2N4O/c15-9-5-11(17)12(6-10(9)16)20-14(21)8-2-4-19-13-7(8)1-3-18-13/h1-6H,17H2,(H,18,19)(H,20,21). The predicted octanol–water partition coefficient (Wildman–Crippen LogP) is 3.70. The van der Waals surface area contributed by atoms with Crippen molar-refractivity contribution in [2.24, 2.45) is 0 Å². The number of halogens is 2. The summed E-state index contributed by atoms with van der Waals surface area (Å²) in [5, 5.41) is 4.12. The molecule has 0 aliphatic carbocycles. The van der Waals surface area contributed by atoms with Gasteiger partial charge in [-0.25, -0.2) is 4.98 Å². The van der Waals surface area contributed by atoms with Crippen molar-refractivity contribution in [3.8, 4) is 0 Å². The number of hydrogen-bond donors (Lipinski definition) is 3. The van der Waals surface area contributed by atoms with Gasteiger partial charge in [-0.1, -0.05) is 23.2 Å². The van der Waals surface area contributed by atoms with Crippen LogP contribution in [0.1, 0.15) is 10.4 Å². The van der Waals surface area contributed by atoms with Crippen LogP contribution in [0.5, 0.6) is 0 Å². The maximum Gasteiger partial charge on any atom is 0.256 e. The van der Waals surface area contributed by atoms with Gasteiger partial charge in [0.1, 0.15) is 5.65 Å². The van der Waals surface area contributed by atoms with Crippen molar-refractivity contribution in [1.29, 1.82) is 0 Å². The van der Waals surface area contributed by atoms with Crippen LogP contribution < -0.4 is 11.1 Å². The van der Waals surface area contributed by atoms with E-state index in [0.717, 1.165) is 5.39 Å². The topological polar surface area (TPSA) is 83.8 Å². The first-order chi connectivity index (χ1) is 10.1. The predicted molar refractivity (Wildman–Crippen MR) is 84.9 cm³/mol. The zero-order valence-electron chi connectivity index (χ0n) is 10.7. The molecule has 106 valence electrons. The Bertz CT molecular complexity index is 844. The quantitative estimate of drug-likeness (QED) is 0.629. The Morgan fingerprint density at radius 2 is 2.00 bits per heavy atom. The van der Waals surface area contributed by atoms with E-state index < -0.39 is 0 Å². The van der Waals surface area contributed by atoms with Crippen LogP contribution >= 0.6 is 23.2 Å². The minimum Gasteiger partial charge on any atom is -0.397 e. The molecule has 1 aromatic carbocycles. The number of nitrogens with one attached hydrogen (secondary N) is 2. The average molecular weight is 321 g/mol. The summed E-state index contributed by atoms with van der Waals surface area (Å²) in [5.41, 5.74) is 7.73. The van der Waals surface area contributed by atoms with E-state index in [-0.39, 0.29) is 5.91 Å². The Labute approximate surface area is 130 Å². The Kier molecular flexibility index (Phi) is 3.45. The van der Waals surface area contributed by atoms with Gasteiger partial charge in [0.2, 0.25) is 0 Å². The van der Waals surface area contributed by atoms with Crippen LogP contribution in [0.4, 0.5) is 11.4 Å². The molecule has 0 spiro atoms. The number of nitrogen functional groups attached to an aromatic ring is 1. The van der Waals surface area contributed by atoms with E-state index in [1.165, 1.54) is 12.1 Å². The summed E-state index contributed by atoms with van der Waals surface area (Å²) in [7, 11) is 0. The summed E-state index contributed by atoms with van der Waals surface area (Å²) in [4.78, 5) is 19.5. The number of pyridine rings is 1. The van der Waals surface area contributed by atoms with E-state index >= 15 is 0 Å². The highest BCUT2D eigenvalue weighted by atomic mass is 35.5. The van der Waals surface area contributed by atoms with Gasteiger partial charge in [0.05, 0.1) is 27.0 Å². The molecule has 7 heteroatoms. The zero-order valence-corrected chi connectivity index (χ0v) is 12.2. The fourth-order valence-corrected chi connectivity index (χ4v) is 2.35. The molecule has 3 aromatic rings. The number of nitrogens with zero attached hydrogens (tertiary/aromatic N) is 1. The SMILES string of the molecule is Nc1cc(Cl)c(Cl)cc1NC(=O)c1ccnc2[nH]ccc12. The maximum atomic E-state index is 12.4. The lowest BCUT2D eigenvalue weighted by atomic mass is 10.1. The molecule has 5 nitrogen and oxygen atoms in total. The normalized spacial score (nSPS) is 10.8. The lowest BCUT2D eigenvalue weighted by Crippen LogP contribution is -2.13. The Morgan fingerprint density at radius 1 is 1.24 bits per heavy atom. The molecular formula is C14H10Cl2N4O. The highest BCUT2D eigenvalue weighted by molar-refractivity contribution is 6.42. The van der Waals surface area contributed by atoms with Crippen LogP contribution in [-0.2, 0) is 0 Å². The van der Waals surface area contributed by atoms with Gasteiger partial charge < -0.3 is 16.0 Å². The van der Waals surface area contributed by atoms with Gasteiger partial charge in [-0.2, -0.15) is 0 Å². The Balaban J connectivity index is 1.97. The third kappa shape index (κ3) is 2.53. The molecule has 0 bridgehead atoms. The summed E-state index contributed by atoms with van der Waals surface area (Å²) in [6.07, 6.45) is 3.29. The second-order valence-corrected chi connectivity index (χ2v) is 5.22. The highest BCUT2D eigenvalue weighted by Crippen LogP contribution is 2.31. The number of nitrogens with two attached hydrogens (primary N) is 1. The largest absolute Gasteiger partial charge is 0.397 e. The van der Waals surface area contributed by atoms with Crippen molar-refractivity contribution < 1.29 is 4.79 Å². The van der Waals surface area contributed by atoms with E-state index in [4.69, 9.17) is 28.9 Å². The molecule has 0 fully saturated rings. The average Bonchev–Trinajstić information content (AvgIpc) is 2.92. The van der Waals surface area contributed by atoms with Crippen LogP contribution in [0.25, 0.3) is 11.0 Å². The van der Waals surface area contributed by atoms with Gasteiger partial charge in [-0.3, -0.25) is 4.79 Å². The molecule has 0 atom stereocenters. The fourth-order valence-electron chi connectivity index (χ4n) is 2.02. The first kappa shape index (κ1) is 13.7. The summed E-state index contributed by atoms with van der Waals surface area (Å²) in [6, 6.07) is 6.44. The summed E-state index contributed by atoms with van der Waals surface area (Å²) in [6.45, 7) is 0. The van der Waals surface area contributed by atoms with Crippen molar-refractivity contribution in [2.75, 3.05) is 11.1 Å². The van der Waals surface area contributed by atoms with E-state index in [1.807, 2.05) is 0 Å². The molecule has 0 saturated carbocycles. The van der Waals surface area contributed by atoms with E-state index in [2.05, 4.69) is 15.3 Å². The van der Waals surface area contributed by atoms with Gasteiger partial charge in [-0.15, -0.1) is 0 Å². The van der Waals surface area contributed by atoms with E-state index in [1.54, 1.807) is 24.5 Å². The fraction of sp³-hybridized carbons (Fsp3) is 0. The molecule has 2 heterocycles. The van der Waals surface area contributed by atoms with Gasteiger partial charge >= 0.3 is 0 Å². The molecule has 21 heavy (non-hydrogen) atoms. The minimum absolute atomic E-state index is 0.299. The van der Waals surface area contributed by atoms with Crippen LogP contribution in [0.3, 0.4) is 0 Å². The molecule has 0 unspecified atom stereocenters. The first-order valence-electron chi connectivity index (χ1n) is 6.04. The number of rotatable bonds is 2. The number of hydrogen-bond acceptors (Lipinski definition) is 3. The molecule has 1 amide bonds. The lowest BCUT2D eigenvalue weighted by Gasteiger charge is -2.10. The van der Waals surface area contributed by atoms with Crippen LogP contribution in [0.15, 0.2) is 36.7 Å². The van der Waals surface area contributed by atoms with Crippen LogP contribution in [0, 0.1) is 0 Å². The van der Waals surface area contributed by atoms with Crippen LogP contribution in [0.2, 0.25) is 10.0 Å². The maximum absolute atomic E-state index is 12.4. The number of fused-ring (bicyclic) bond motifs is 1. The molecule has 0 aliphatic rings. The van der Waals surface area contributed by atoms with Crippen molar-refractivity contribution >= 4 is 51.5 Å². The second-order valence-electron chi connectivity index (χ2n) is 4.41. The van der Waals surface area contributed by atoms with Crippen molar-refractivity contribution in [3.63, 3.8) is 0 Å². The number of amides is 1. The molecular weight excluding hydrogens is 311 g/mol. The van der Waals surface area contributed by atoms with Crippen molar-refractivity contribution in [2.45, 2.75) is 0 Å². The third-order valence-corrected chi connectivity index (χ3v) is 3.77. The number of aromatic nitrogens is 2. The molecule has 4 N–H and O–H groups in total. The van der Waals surface area contributed by atoms with E-state index in [0.29, 0.717) is 32.6 Å². The third-order valence-electron chi connectivity index (χ3n) is 3.05. The smallest absolute Gasteiger partial charge is 0.256 e. The number of H-pyrrole nitrogens is 1. The first-order valence-corrected chi connectivity index (χ1v) is 6.80. The monoisotopic (exact) mass is 320 g/mol. The number of carbonyl (C=O) groups is 1. The lowest BCUT2D eigenvalue weighted by molar-refractivity contribution is 0.102. The van der Waals surface area contributed by atoms with Gasteiger partial charge in [0.15, 0.2) is 0 Å². The van der Waals surface area contributed by atoms with Gasteiger partial charge in [0.25, 0.3) is 5.91 Å². The summed E-state index contributed by atoms with van der Waals surface area (Å²) in [5.74, 6) is -0.299. The molecule has 0 radical (unpaired) electrons. The number of benzene rings is 1. The highest BCUT2D eigenvalue weighted by Gasteiger charge is 2.13. The molecule has 0 aliphatic heterocycles. The number of aromatic amines is 1. The second kappa shape index (κ2) is 5.27. The summed E-state index contributed by atoms with van der Waals surface area (Å²) >= 11 is 11.8. The Hall–Kier alpha value is -2.24. The van der Waals surface area contributed by atoms with E-state index in [9.17, 15) is 4.79 Å². The zero-order chi connectivity index (χ0) is 15.0. The molecule has 3 rings (SSSR count).